The van der Waals surface area contributed by atoms with Crippen LogP contribution in [0.1, 0.15) is 59.8 Å². The normalized spacial score (nSPS) is 23.0. The molecule has 2 aromatic carbocycles. The van der Waals surface area contributed by atoms with E-state index in [1.807, 2.05) is 0 Å². The second-order valence-corrected chi connectivity index (χ2v) is 6.88. The second-order valence-electron chi connectivity index (χ2n) is 6.88. The maximum atomic E-state index is 2.47. The minimum atomic E-state index is 0. The van der Waals surface area contributed by atoms with Crippen LogP contribution in [0.15, 0.2) is 59.7 Å². The fourth-order valence-corrected chi connectivity index (χ4v) is 4.72. The molecule has 0 amide bonds. The van der Waals surface area contributed by atoms with Crippen molar-refractivity contribution in [3.8, 4) is 0 Å². The quantitative estimate of drug-likeness (QED) is 0.623. The van der Waals surface area contributed by atoms with E-state index in [-0.39, 0.29) is 37.7 Å². The predicted octanol–water partition coefficient (Wildman–Crippen LogP) is 4.63. The van der Waals surface area contributed by atoms with Gasteiger partial charge in [0, 0.05) is 11.8 Å². The van der Waals surface area contributed by atoms with Gasteiger partial charge in [-0.15, -0.1) is 0 Å². The molecular weight excluding hydrogens is 278 g/mol. The Morgan fingerprint density at radius 1 is 0.583 bits per heavy atom. The molecule has 2 aromatic rings. The Labute approximate surface area is 168 Å². The summed E-state index contributed by atoms with van der Waals surface area (Å²) in [6.45, 7) is 0. The predicted molar refractivity (Wildman–Crippen MR) is 107 cm³/mol. The first-order valence-electron chi connectivity index (χ1n) is 8.49. The average Bonchev–Trinajstić information content (AvgIpc) is 3.06. The zero-order valence-electron chi connectivity index (χ0n) is 12.8. The number of allylic oxidation sites excluding steroid dienone is 2. The molecule has 1 fully saturated rings. The van der Waals surface area contributed by atoms with E-state index in [1.54, 1.807) is 22.3 Å². The van der Waals surface area contributed by atoms with Crippen molar-refractivity contribution >= 4 is 49.9 Å². The molecule has 112 valence electrons. The van der Waals surface area contributed by atoms with Crippen LogP contribution in [0.4, 0.5) is 0 Å². The van der Waals surface area contributed by atoms with Gasteiger partial charge < -0.3 is 0 Å². The zero-order valence-corrected chi connectivity index (χ0v) is 12.8. The van der Waals surface area contributed by atoms with E-state index in [9.17, 15) is 0 Å². The molecule has 5 rings (SSSR count). The third-order valence-corrected chi connectivity index (χ3v) is 5.76. The van der Waals surface area contributed by atoms with Gasteiger partial charge in [-0.25, -0.2) is 0 Å². The first-order valence-corrected chi connectivity index (χ1v) is 8.49. The molecule has 0 saturated heterocycles. The molecule has 0 nitrogen and oxygen atoms in total. The molecular formula is C22H22Li2. The van der Waals surface area contributed by atoms with E-state index in [2.05, 4.69) is 60.7 Å². The van der Waals surface area contributed by atoms with Crippen LogP contribution in [0.3, 0.4) is 0 Å². The summed E-state index contributed by atoms with van der Waals surface area (Å²) in [6.07, 6.45) is 9.98. The number of hydrogen-bond acceptors (Lipinski definition) is 0. The third-order valence-electron chi connectivity index (χ3n) is 5.76. The van der Waals surface area contributed by atoms with Gasteiger partial charge in [-0.3, -0.25) is 0 Å². The van der Waals surface area contributed by atoms with Crippen LogP contribution in [0.5, 0.6) is 0 Å². The van der Waals surface area contributed by atoms with Crippen LogP contribution in [-0.2, 0) is 0 Å². The van der Waals surface area contributed by atoms with Gasteiger partial charge in [0.25, 0.3) is 0 Å². The van der Waals surface area contributed by atoms with Gasteiger partial charge in [0.1, 0.15) is 0 Å². The molecule has 3 aliphatic rings. The molecule has 2 atom stereocenters. The van der Waals surface area contributed by atoms with Crippen molar-refractivity contribution in [2.75, 3.05) is 0 Å². The summed E-state index contributed by atoms with van der Waals surface area (Å²) in [6, 6.07) is 18.0. The molecule has 0 bridgehead atoms. The summed E-state index contributed by atoms with van der Waals surface area (Å²) in [5.74, 6) is 1.34. The van der Waals surface area contributed by atoms with Gasteiger partial charge in [-0.2, -0.15) is 0 Å². The maximum absolute atomic E-state index is 2.47. The van der Waals surface area contributed by atoms with Gasteiger partial charge in [0.2, 0.25) is 0 Å². The van der Waals surface area contributed by atoms with Crippen LogP contribution in [0, 0.1) is 0 Å². The standard InChI is InChI=1S/C22H20.2Li.2H/c1-3-7-19-15(5-1)13-17-9-12-22-18(10-11-21(17)19)14-16-6-2-4-8-20(16)22;;;;/h1-8,13-14,21-22H,9-12H2;;;;. The molecule has 0 N–H and O–H groups in total. The number of rotatable bonds is 0. The molecule has 2 heteroatoms. The first-order chi connectivity index (χ1) is 10.9. The van der Waals surface area contributed by atoms with Gasteiger partial charge in [0.05, 0.1) is 0 Å². The first kappa shape index (κ1) is 17.9. The minimum absolute atomic E-state index is 0. The molecule has 24 heavy (non-hydrogen) atoms. The summed E-state index contributed by atoms with van der Waals surface area (Å²) in [5.41, 5.74) is 9.39. The topological polar surface area (TPSA) is 0 Å². The van der Waals surface area contributed by atoms with Crippen LogP contribution in [-0.4, -0.2) is 37.7 Å². The molecule has 0 spiro atoms. The summed E-state index contributed by atoms with van der Waals surface area (Å²) in [7, 11) is 0. The van der Waals surface area contributed by atoms with Crippen molar-refractivity contribution in [2.45, 2.75) is 37.5 Å². The van der Waals surface area contributed by atoms with Crippen molar-refractivity contribution in [2.24, 2.45) is 0 Å². The Balaban J connectivity index is 0.000000845. The van der Waals surface area contributed by atoms with Gasteiger partial charge in [-0.1, -0.05) is 71.8 Å². The molecule has 0 heterocycles. The Bertz CT molecular complexity index is 747. The van der Waals surface area contributed by atoms with Crippen molar-refractivity contribution in [1.29, 1.82) is 0 Å². The second kappa shape index (κ2) is 7.16. The van der Waals surface area contributed by atoms with Crippen molar-refractivity contribution in [1.82, 2.24) is 0 Å². The van der Waals surface area contributed by atoms with Gasteiger partial charge in [-0.05, 0) is 47.9 Å². The Morgan fingerprint density at radius 3 is 1.46 bits per heavy atom. The third kappa shape index (κ3) is 2.81. The average molecular weight is 300 g/mol. The fraction of sp³-hybridized carbons (Fsp3) is 0.273. The summed E-state index contributed by atoms with van der Waals surface area (Å²) in [4.78, 5) is 0. The van der Waals surface area contributed by atoms with Crippen LogP contribution in [0.25, 0.3) is 12.2 Å². The van der Waals surface area contributed by atoms with E-state index in [0.717, 1.165) is 0 Å². The number of benzene rings is 2. The van der Waals surface area contributed by atoms with Gasteiger partial charge in [0.15, 0.2) is 0 Å². The molecule has 1 saturated carbocycles. The zero-order chi connectivity index (χ0) is 14.5. The summed E-state index contributed by atoms with van der Waals surface area (Å²) in [5, 5.41) is 0. The van der Waals surface area contributed by atoms with E-state index < -0.39 is 0 Å². The Kier molecular flexibility index (Phi) is 5.35. The fourth-order valence-electron chi connectivity index (χ4n) is 4.72. The van der Waals surface area contributed by atoms with Crippen molar-refractivity contribution in [3.63, 3.8) is 0 Å². The molecule has 0 aliphatic heterocycles. The van der Waals surface area contributed by atoms with E-state index in [0.29, 0.717) is 11.8 Å². The summed E-state index contributed by atoms with van der Waals surface area (Å²) < 4.78 is 0. The number of hydrogen-bond donors (Lipinski definition) is 0. The molecule has 3 aliphatic carbocycles. The van der Waals surface area contributed by atoms with E-state index in [1.165, 1.54) is 36.8 Å². The van der Waals surface area contributed by atoms with Gasteiger partial charge >= 0.3 is 37.7 Å². The van der Waals surface area contributed by atoms with E-state index >= 15 is 0 Å². The Morgan fingerprint density at radius 2 is 1.00 bits per heavy atom. The molecule has 0 aromatic heterocycles. The summed E-state index contributed by atoms with van der Waals surface area (Å²) >= 11 is 0. The monoisotopic (exact) mass is 300 g/mol. The van der Waals surface area contributed by atoms with Crippen molar-refractivity contribution < 1.29 is 0 Å². The van der Waals surface area contributed by atoms with Crippen LogP contribution < -0.4 is 0 Å². The van der Waals surface area contributed by atoms with Crippen LogP contribution in [0.2, 0.25) is 0 Å². The Hall–Kier alpha value is -0.885. The molecule has 2 unspecified atom stereocenters. The van der Waals surface area contributed by atoms with Crippen molar-refractivity contribution in [3.05, 3.63) is 81.9 Å². The molecule has 0 radical (unpaired) electrons. The van der Waals surface area contributed by atoms with E-state index in [4.69, 9.17) is 0 Å². The SMILES string of the molecule is C1=C2CCC3C(=Cc4ccccc43)CCC2c2ccccc21.[LiH].[LiH]. The van der Waals surface area contributed by atoms with Crippen LogP contribution >= 0.6 is 0 Å². The number of fused-ring (bicyclic) bond motifs is 6.